The van der Waals surface area contributed by atoms with Gasteiger partial charge in [0, 0.05) is 17.7 Å². The van der Waals surface area contributed by atoms with Gasteiger partial charge < -0.3 is 9.05 Å². The molecule has 0 aromatic carbocycles. The average molecular weight is 352 g/mol. The van der Waals surface area contributed by atoms with E-state index in [4.69, 9.17) is 20.9 Å². The van der Waals surface area contributed by atoms with Crippen LogP contribution in [0.2, 0.25) is 0 Å². The molecule has 4 nitrogen and oxygen atoms in total. The lowest BCUT2D eigenvalue weighted by Gasteiger charge is -2.20. The second kappa shape index (κ2) is 9.16. The lowest BCUT2D eigenvalue weighted by atomic mass is 10.2. The van der Waals surface area contributed by atoms with E-state index in [0.29, 0.717) is 18.1 Å². The molecule has 1 aromatic heterocycles. The van der Waals surface area contributed by atoms with Crippen LogP contribution < -0.4 is 0 Å². The number of aromatic nitrogens is 2. The van der Waals surface area contributed by atoms with Crippen molar-refractivity contribution in [2.24, 2.45) is 0 Å². The number of hydrogen-bond acceptors (Lipinski definition) is 6. The van der Waals surface area contributed by atoms with Crippen molar-refractivity contribution in [1.29, 1.82) is 0 Å². The average Bonchev–Trinajstić information content (AvgIpc) is 2.43. The lowest BCUT2D eigenvalue weighted by Crippen LogP contribution is -2.05. The summed E-state index contributed by atoms with van der Waals surface area (Å²) < 4.78 is 24.8. The van der Waals surface area contributed by atoms with Crippen LogP contribution in [-0.2, 0) is 27.5 Å². The predicted octanol–water partition coefficient (Wildman–Crippen LogP) is 4.66. The molecule has 0 aliphatic heterocycles. The third kappa shape index (κ3) is 6.70. The highest BCUT2D eigenvalue weighted by molar-refractivity contribution is 8.67. The van der Waals surface area contributed by atoms with E-state index in [0.717, 1.165) is 12.2 Å². The van der Waals surface area contributed by atoms with Gasteiger partial charge in [0.2, 0.25) is 11.6 Å². The Morgan fingerprint density at radius 2 is 2.05 bits per heavy atom. The van der Waals surface area contributed by atoms with Crippen molar-refractivity contribution < 1.29 is 13.4 Å². The minimum atomic E-state index is -2.39. The van der Waals surface area contributed by atoms with Gasteiger partial charge in [-0.3, -0.25) is 0 Å². The van der Waals surface area contributed by atoms with Gasteiger partial charge in [0.1, 0.15) is 5.82 Å². The van der Waals surface area contributed by atoms with E-state index >= 15 is 0 Å². The van der Waals surface area contributed by atoms with E-state index in [1.165, 1.54) is 17.4 Å². The molecule has 8 heteroatoms. The van der Waals surface area contributed by atoms with Crippen LogP contribution in [0.5, 0.6) is 0 Å². The van der Waals surface area contributed by atoms with Crippen LogP contribution in [0.15, 0.2) is 6.07 Å². The van der Waals surface area contributed by atoms with Crippen molar-refractivity contribution in [3.8, 4) is 0 Å². The van der Waals surface area contributed by atoms with Crippen molar-refractivity contribution in [3.63, 3.8) is 0 Å². The van der Waals surface area contributed by atoms with Gasteiger partial charge in [-0.25, -0.2) is 9.97 Å². The van der Waals surface area contributed by atoms with E-state index in [1.54, 1.807) is 0 Å². The predicted molar refractivity (Wildman–Crippen MR) is 89.5 cm³/mol. The Bertz CT molecular complexity index is 503. The Morgan fingerprint density at radius 3 is 2.62 bits per heavy atom. The molecular formula is C13H22FN2O2PS2. The Hall–Kier alpha value is -0.0700. The number of rotatable bonds is 9. The van der Waals surface area contributed by atoms with Crippen molar-refractivity contribution >= 4 is 28.9 Å². The van der Waals surface area contributed by atoms with Crippen molar-refractivity contribution in [3.05, 3.63) is 23.5 Å². The zero-order valence-corrected chi connectivity index (χ0v) is 15.4. The summed E-state index contributed by atoms with van der Waals surface area (Å²) in [5.74, 6) is 0.869. The van der Waals surface area contributed by atoms with Crippen molar-refractivity contribution in [2.45, 2.75) is 46.6 Å². The van der Waals surface area contributed by atoms with Gasteiger partial charge in [-0.1, -0.05) is 32.2 Å². The summed E-state index contributed by atoms with van der Waals surface area (Å²) in [6, 6.07) is 1.28. The highest BCUT2D eigenvalue weighted by atomic mass is 32.9. The van der Waals surface area contributed by atoms with Gasteiger partial charge in [-0.15, -0.1) is 0 Å². The van der Waals surface area contributed by atoms with E-state index < -0.39 is 11.6 Å². The Morgan fingerprint density at radius 1 is 1.33 bits per heavy atom. The minimum absolute atomic E-state index is 0.0591. The Balaban J connectivity index is 2.77. The third-order valence-electron chi connectivity index (χ3n) is 2.39. The summed E-state index contributed by atoms with van der Waals surface area (Å²) in [6.07, 6.45) is 0.999. The molecule has 0 radical (unpaired) electrons. The van der Waals surface area contributed by atoms with E-state index in [-0.39, 0.29) is 12.5 Å². The highest BCUT2D eigenvalue weighted by Crippen LogP contribution is 2.61. The molecule has 0 amide bonds. The fourth-order valence-electron chi connectivity index (χ4n) is 1.43. The summed E-state index contributed by atoms with van der Waals surface area (Å²) in [5, 5.41) is 0. The summed E-state index contributed by atoms with van der Waals surface area (Å²) in [7, 11) is 0. The van der Waals surface area contributed by atoms with Crippen LogP contribution in [-0.4, -0.2) is 22.3 Å². The van der Waals surface area contributed by atoms with Crippen molar-refractivity contribution in [2.75, 3.05) is 12.4 Å². The van der Waals surface area contributed by atoms with Gasteiger partial charge >= 0.3 is 0 Å². The van der Waals surface area contributed by atoms with Gasteiger partial charge in [-0.05, 0) is 25.2 Å². The van der Waals surface area contributed by atoms with Crippen LogP contribution >= 0.6 is 17.1 Å². The van der Waals surface area contributed by atoms with Gasteiger partial charge in [0.05, 0.1) is 18.9 Å². The smallest absolute Gasteiger partial charge is 0.247 e. The summed E-state index contributed by atoms with van der Waals surface area (Å²) in [4.78, 5) is 8.08. The maximum atomic E-state index is 13.5. The number of halogens is 1. The number of nitrogens with zero attached hydrogens (tertiary/aromatic N) is 2. The zero-order valence-electron chi connectivity index (χ0n) is 12.8. The molecular weight excluding hydrogens is 330 g/mol. The first-order chi connectivity index (χ1) is 9.90. The molecule has 1 heterocycles. The van der Waals surface area contributed by atoms with Crippen LogP contribution in [0.4, 0.5) is 4.39 Å². The molecule has 1 atom stereocenters. The molecule has 0 fully saturated rings. The largest absolute Gasteiger partial charge is 0.322 e. The quantitative estimate of drug-likeness (QED) is 0.476. The van der Waals surface area contributed by atoms with Gasteiger partial charge in [0.15, 0.2) is 0 Å². The molecule has 0 N–H and O–H groups in total. The van der Waals surface area contributed by atoms with Crippen LogP contribution in [0, 0.1) is 5.95 Å². The molecule has 0 unspecified atom stereocenters. The summed E-state index contributed by atoms with van der Waals surface area (Å²) >= 11 is 7.00. The molecule has 120 valence electrons. The summed E-state index contributed by atoms with van der Waals surface area (Å²) in [5.41, 5.74) is -1.89. The molecule has 0 bridgehead atoms. The van der Waals surface area contributed by atoms with Gasteiger partial charge in [0.25, 0.3) is 0 Å². The maximum absolute atomic E-state index is 13.5. The fourth-order valence-corrected chi connectivity index (χ4v) is 5.96. The topological polar surface area (TPSA) is 44.2 Å². The van der Waals surface area contributed by atoms with Crippen molar-refractivity contribution in [1.82, 2.24) is 9.97 Å². The van der Waals surface area contributed by atoms with Crippen LogP contribution in [0.3, 0.4) is 0 Å². The summed E-state index contributed by atoms with van der Waals surface area (Å²) in [6.45, 7) is 8.45. The number of hydrogen-bond donors (Lipinski definition) is 0. The molecule has 1 aromatic rings. The van der Waals surface area contributed by atoms with E-state index in [1.807, 2.05) is 20.8 Å². The molecule has 0 aliphatic rings. The first-order valence-corrected chi connectivity index (χ1v) is 11.2. The fraction of sp³-hybridized carbons (Fsp3) is 0.692. The molecule has 0 aliphatic carbocycles. The molecule has 21 heavy (non-hydrogen) atoms. The normalized spacial score (nSPS) is 14.4. The molecule has 1 rings (SSSR count). The molecule has 0 saturated heterocycles. The Labute approximate surface area is 135 Å². The van der Waals surface area contributed by atoms with E-state index in [9.17, 15) is 4.39 Å². The molecule has 0 saturated carbocycles. The van der Waals surface area contributed by atoms with Gasteiger partial charge in [-0.2, -0.15) is 4.39 Å². The third-order valence-corrected chi connectivity index (χ3v) is 8.03. The lowest BCUT2D eigenvalue weighted by molar-refractivity contribution is 0.258. The van der Waals surface area contributed by atoms with E-state index in [2.05, 4.69) is 16.9 Å². The SMILES string of the molecule is CCCS[P@@](=S)(OCC)OCc1cc(F)nc(C(C)C)n1. The first kappa shape index (κ1) is 19.0. The van der Waals surface area contributed by atoms with Crippen LogP contribution in [0.25, 0.3) is 0 Å². The first-order valence-electron chi connectivity index (χ1n) is 6.97. The minimum Gasteiger partial charge on any atom is -0.322 e. The van der Waals surface area contributed by atoms with Crippen LogP contribution in [0.1, 0.15) is 51.6 Å². The standard InChI is InChI=1S/C13H22FN2O2PS2/c1-5-7-21-19(20,17-6-2)18-9-11-8-12(14)16-13(15-11)10(3)4/h8,10H,5-7,9H2,1-4H3/t19-/m0/s1. The molecule has 0 spiro atoms. The Kier molecular flexibility index (Phi) is 8.27. The second-order valence-corrected chi connectivity index (χ2v) is 11.1. The second-order valence-electron chi connectivity index (χ2n) is 4.67. The highest BCUT2D eigenvalue weighted by Gasteiger charge is 2.20. The monoisotopic (exact) mass is 352 g/mol. The maximum Gasteiger partial charge on any atom is 0.247 e. The zero-order chi connectivity index (χ0) is 15.9.